The van der Waals surface area contributed by atoms with Crippen LogP contribution in [-0.2, 0) is 4.79 Å². The molecule has 0 amide bonds. The summed E-state index contributed by atoms with van der Waals surface area (Å²) in [6, 6.07) is 0. The Morgan fingerprint density at radius 2 is 2.12 bits per heavy atom. The molecule has 0 unspecified atom stereocenters. The van der Waals surface area contributed by atoms with Crippen molar-refractivity contribution >= 4 is 5.78 Å². The SMILES string of the molecule is CC(C)[C@H]1CC[C@@]2(C)[C@H](CO)C(=O)[C@@H]1[C@H]2C. The highest BCUT2D eigenvalue weighted by Crippen LogP contribution is 2.59. The van der Waals surface area contributed by atoms with Gasteiger partial charge in [-0.2, -0.15) is 0 Å². The Morgan fingerprint density at radius 1 is 1.50 bits per heavy atom. The zero-order chi connectivity index (χ0) is 12.1. The third-order valence-corrected chi connectivity index (χ3v) is 5.56. The number of carbonyl (C=O) groups excluding carboxylic acids is 1. The number of fused-ring (bicyclic) bond motifs is 2. The van der Waals surface area contributed by atoms with Crippen LogP contribution in [0.1, 0.15) is 40.5 Å². The Kier molecular flexibility index (Phi) is 2.90. The largest absolute Gasteiger partial charge is 0.396 e. The van der Waals surface area contributed by atoms with E-state index >= 15 is 0 Å². The molecule has 2 nitrogen and oxygen atoms in total. The van der Waals surface area contributed by atoms with Crippen LogP contribution in [0.15, 0.2) is 0 Å². The van der Waals surface area contributed by atoms with Crippen LogP contribution in [0.5, 0.6) is 0 Å². The van der Waals surface area contributed by atoms with Gasteiger partial charge in [-0.25, -0.2) is 0 Å². The monoisotopic (exact) mass is 224 g/mol. The molecule has 0 spiro atoms. The molecule has 0 radical (unpaired) electrons. The van der Waals surface area contributed by atoms with Crippen LogP contribution < -0.4 is 0 Å². The van der Waals surface area contributed by atoms with E-state index in [-0.39, 0.29) is 23.9 Å². The average molecular weight is 224 g/mol. The maximum Gasteiger partial charge on any atom is 0.142 e. The Labute approximate surface area is 98.4 Å². The molecule has 5 atom stereocenters. The summed E-state index contributed by atoms with van der Waals surface area (Å²) in [7, 11) is 0. The van der Waals surface area contributed by atoms with Crippen LogP contribution in [0.4, 0.5) is 0 Å². The molecule has 0 aromatic heterocycles. The molecule has 2 rings (SSSR count). The summed E-state index contributed by atoms with van der Waals surface area (Å²) in [5.74, 6) is 2.00. The molecule has 2 heteroatoms. The summed E-state index contributed by atoms with van der Waals surface area (Å²) in [6.07, 6.45) is 2.26. The lowest BCUT2D eigenvalue weighted by atomic mass is 9.61. The van der Waals surface area contributed by atoms with Crippen molar-refractivity contribution in [3.8, 4) is 0 Å². The molecule has 0 aromatic carbocycles. The number of aliphatic hydroxyl groups is 1. The molecular weight excluding hydrogens is 200 g/mol. The smallest absolute Gasteiger partial charge is 0.142 e. The predicted molar refractivity (Wildman–Crippen MR) is 63.9 cm³/mol. The minimum atomic E-state index is -0.101. The zero-order valence-corrected chi connectivity index (χ0v) is 10.9. The lowest BCUT2D eigenvalue weighted by molar-refractivity contribution is -0.127. The van der Waals surface area contributed by atoms with E-state index in [1.54, 1.807) is 0 Å². The fourth-order valence-electron chi connectivity index (χ4n) is 4.22. The number of ketones is 1. The minimum absolute atomic E-state index is 0.0426. The van der Waals surface area contributed by atoms with E-state index in [4.69, 9.17) is 0 Å². The first kappa shape index (κ1) is 12.1. The Hall–Kier alpha value is -0.370. The van der Waals surface area contributed by atoms with E-state index in [2.05, 4.69) is 27.7 Å². The van der Waals surface area contributed by atoms with Gasteiger partial charge in [0.2, 0.25) is 0 Å². The van der Waals surface area contributed by atoms with Crippen molar-refractivity contribution in [2.75, 3.05) is 6.61 Å². The van der Waals surface area contributed by atoms with E-state index in [1.165, 1.54) is 0 Å². The molecular formula is C14H24O2. The molecule has 2 aliphatic carbocycles. The quantitative estimate of drug-likeness (QED) is 0.782. The summed E-state index contributed by atoms with van der Waals surface area (Å²) in [5.41, 5.74) is 0.0574. The van der Waals surface area contributed by atoms with Crippen LogP contribution in [-0.4, -0.2) is 17.5 Å². The first-order chi connectivity index (χ1) is 7.43. The van der Waals surface area contributed by atoms with E-state index < -0.39 is 0 Å². The molecule has 0 aromatic rings. The lowest BCUT2D eigenvalue weighted by Crippen LogP contribution is -2.37. The van der Waals surface area contributed by atoms with Gasteiger partial charge in [-0.1, -0.05) is 27.7 Å². The van der Waals surface area contributed by atoms with Gasteiger partial charge in [-0.05, 0) is 36.0 Å². The molecule has 1 N–H and O–H groups in total. The summed E-state index contributed by atoms with van der Waals surface area (Å²) < 4.78 is 0. The molecule has 0 heterocycles. The Bertz CT molecular complexity index is 297. The van der Waals surface area contributed by atoms with Crippen LogP contribution in [0.25, 0.3) is 0 Å². The van der Waals surface area contributed by atoms with E-state index in [0.29, 0.717) is 23.5 Å². The van der Waals surface area contributed by atoms with Gasteiger partial charge in [0.05, 0.1) is 6.61 Å². The number of Topliss-reactive ketones (excluding diaryl/α,β-unsaturated/α-hetero) is 1. The van der Waals surface area contributed by atoms with Crippen LogP contribution >= 0.6 is 0 Å². The highest BCUT2D eigenvalue weighted by molar-refractivity contribution is 5.88. The normalized spacial score (nSPS) is 47.8. The summed E-state index contributed by atoms with van der Waals surface area (Å²) >= 11 is 0. The highest BCUT2D eigenvalue weighted by atomic mass is 16.3. The molecule has 2 fully saturated rings. The molecule has 92 valence electrons. The second-order valence-electron chi connectivity index (χ2n) is 6.40. The van der Waals surface area contributed by atoms with Crippen molar-refractivity contribution in [1.82, 2.24) is 0 Å². The van der Waals surface area contributed by atoms with Crippen LogP contribution in [0, 0.1) is 35.0 Å². The number of carbonyl (C=O) groups is 1. The summed E-state index contributed by atoms with van der Waals surface area (Å²) in [5, 5.41) is 9.47. The molecule has 2 saturated carbocycles. The van der Waals surface area contributed by atoms with Gasteiger partial charge in [0.15, 0.2) is 0 Å². The first-order valence-corrected chi connectivity index (χ1v) is 6.58. The molecule has 2 aliphatic rings. The molecule has 2 bridgehead atoms. The van der Waals surface area contributed by atoms with Crippen molar-refractivity contribution in [3.05, 3.63) is 0 Å². The standard InChI is InChI=1S/C14H24O2/c1-8(2)10-5-6-14(4)9(3)12(10)13(16)11(14)7-15/h8-12,15H,5-7H2,1-4H3/t9-,10-,11-,12-,14-/m1/s1. The van der Waals surface area contributed by atoms with Gasteiger partial charge in [-0.15, -0.1) is 0 Å². The Morgan fingerprint density at radius 3 is 2.62 bits per heavy atom. The first-order valence-electron chi connectivity index (χ1n) is 6.58. The highest BCUT2D eigenvalue weighted by Gasteiger charge is 2.59. The third kappa shape index (κ3) is 1.38. The van der Waals surface area contributed by atoms with Crippen LogP contribution in [0.3, 0.4) is 0 Å². The van der Waals surface area contributed by atoms with Crippen molar-refractivity contribution in [1.29, 1.82) is 0 Å². The Balaban J connectivity index is 2.35. The van der Waals surface area contributed by atoms with Gasteiger partial charge in [0.25, 0.3) is 0 Å². The van der Waals surface area contributed by atoms with Gasteiger partial charge in [0.1, 0.15) is 5.78 Å². The third-order valence-electron chi connectivity index (χ3n) is 5.56. The molecule has 16 heavy (non-hydrogen) atoms. The summed E-state index contributed by atoms with van der Waals surface area (Å²) in [6.45, 7) is 8.90. The number of aliphatic hydroxyl groups excluding tert-OH is 1. The van der Waals surface area contributed by atoms with Gasteiger partial charge in [0, 0.05) is 11.8 Å². The number of hydrogen-bond acceptors (Lipinski definition) is 2. The molecule has 0 saturated heterocycles. The minimum Gasteiger partial charge on any atom is -0.396 e. The van der Waals surface area contributed by atoms with Gasteiger partial charge in [-0.3, -0.25) is 4.79 Å². The number of hydrogen-bond donors (Lipinski definition) is 1. The maximum absolute atomic E-state index is 12.4. The lowest BCUT2D eigenvalue weighted by Gasteiger charge is -2.42. The fraction of sp³-hybridized carbons (Fsp3) is 0.929. The van der Waals surface area contributed by atoms with Crippen molar-refractivity contribution in [2.24, 2.45) is 35.0 Å². The zero-order valence-electron chi connectivity index (χ0n) is 10.9. The summed E-state index contributed by atoms with van der Waals surface area (Å²) in [4.78, 5) is 12.4. The average Bonchev–Trinajstić information content (AvgIpc) is 2.33. The number of rotatable bonds is 2. The predicted octanol–water partition coefficient (Wildman–Crippen LogP) is 2.50. The van der Waals surface area contributed by atoms with Crippen molar-refractivity contribution in [2.45, 2.75) is 40.5 Å². The maximum atomic E-state index is 12.4. The van der Waals surface area contributed by atoms with E-state index in [0.717, 1.165) is 12.8 Å². The second-order valence-corrected chi connectivity index (χ2v) is 6.40. The topological polar surface area (TPSA) is 37.3 Å². The second kappa shape index (κ2) is 3.83. The van der Waals surface area contributed by atoms with E-state index in [1.807, 2.05) is 0 Å². The molecule has 0 aliphatic heterocycles. The van der Waals surface area contributed by atoms with Gasteiger partial charge < -0.3 is 5.11 Å². The van der Waals surface area contributed by atoms with Crippen molar-refractivity contribution in [3.63, 3.8) is 0 Å². The van der Waals surface area contributed by atoms with Gasteiger partial charge >= 0.3 is 0 Å². The van der Waals surface area contributed by atoms with Crippen LogP contribution in [0.2, 0.25) is 0 Å². The van der Waals surface area contributed by atoms with Crippen molar-refractivity contribution < 1.29 is 9.90 Å². The fourth-order valence-corrected chi connectivity index (χ4v) is 4.22. The van der Waals surface area contributed by atoms with E-state index in [9.17, 15) is 9.90 Å².